The normalized spacial score (nSPS) is 29.7. The van der Waals surface area contributed by atoms with Gasteiger partial charge in [-0.3, -0.25) is 0 Å². The van der Waals surface area contributed by atoms with Crippen LogP contribution in [-0.4, -0.2) is 13.2 Å². The molecule has 25 heavy (non-hydrogen) atoms. The van der Waals surface area contributed by atoms with Crippen molar-refractivity contribution >= 4 is 0 Å². The van der Waals surface area contributed by atoms with Gasteiger partial charge in [0.05, 0.1) is 24.8 Å². The highest BCUT2D eigenvalue weighted by Gasteiger charge is 2.26. The highest BCUT2D eigenvalue weighted by atomic mass is 16.7. The van der Waals surface area contributed by atoms with Crippen molar-refractivity contribution in [1.82, 2.24) is 0 Å². The summed E-state index contributed by atoms with van der Waals surface area (Å²) in [5, 5.41) is 8.86. The number of nitriles is 1. The molecule has 0 N–H and O–H groups in total. The molecule has 0 unspecified atom stereocenters. The molecule has 0 aromatic heterocycles. The summed E-state index contributed by atoms with van der Waals surface area (Å²) in [7, 11) is 0. The molecule has 1 aromatic carbocycles. The molecule has 1 aliphatic carbocycles. The summed E-state index contributed by atoms with van der Waals surface area (Å²) in [5.41, 5.74) is 1.67. The first-order valence-corrected chi connectivity index (χ1v) is 9.62. The Labute approximate surface area is 151 Å². The molecule has 0 spiro atoms. The van der Waals surface area contributed by atoms with E-state index in [9.17, 15) is 0 Å². The zero-order valence-electron chi connectivity index (χ0n) is 15.0. The molecule has 1 saturated carbocycles. The van der Waals surface area contributed by atoms with Gasteiger partial charge in [-0.05, 0) is 49.7 Å². The lowest BCUT2D eigenvalue weighted by molar-refractivity contribution is -0.206. The second kappa shape index (κ2) is 9.17. The van der Waals surface area contributed by atoms with Crippen molar-refractivity contribution in [3.05, 3.63) is 48.0 Å². The fourth-order valence-electron chi connectivity index (χ4n) is 4.08. The van der Waals surface area contributed by atoms with Crippen LogP contribution in [0.1, 0.15) is 62.4 Å². The van der Waals surface area contributed by atoms with Gasteiger partial charge in [0.2, 0.25) is 0 Å². The van der Waals surface area contributed by atoms with E-state index >= 15 is 0 Å². The van der Waals surface area contributed by atoms with E-state index in [1.165, 1.54) is 44.9 Å². The van der Waals surface area contributed by atoms with Gasteiger partial charge in [-0.1, -0.05) is 37.5 Å². The quantitative estimate of drug-likeness (QED) is 0.653. The molecule has 3 nitrogen and oxygen atoms in total. The Morgan fingerprint density at radius 3 is 2.16 bits per heavy atom. The maximum atomic E-state index is 8.86. The largest absolute Gasteiger partial charge is 0.348 e. The van der Waals surface area contributed by atoms with Crippen LogP contribution in [0.5, 0.6) is 0 Å². The number of nitrogens with zero attached hydrogens (tertiary/aromatic N) is 1. The third-order valence-corrected chi connectivity index (χ3v) is 5.73. The predicted molar refractivity (Wildman–Crippen MR) is 98.8 cm³/mol. The lowest BCUT2D eigenvalue weighted by Gasteiger charge is -2.32. The van der Waals surface area contributed by atoms with Crippen molar-refractivity contribution in [2.45, 2.75) is 51.2 Å². The van der Waals surface area contributed by atoms with Crippen LogP contribution >= 0.6 is 0 Å². The van der Waals surface area contributed by atoms with Crippen LogP contribution in [0.4, 0.5) is 0 Å². The zero-order chi connectivity index (χ0) is 17.5. The Balaban J connectivity index is 1.37. The highest BCUT2D eigenvalue weighted by molar-refractivity contribution is 5.32. The monoisotopic (exact) mass is 339 g/mol. The standard InChI is InChI=1S/C22H29NO2/c1-2-3-17-4-6-18(7-5-17)8-9-20-15-24-22(25-16-20)21-12-10-19(14-23)11-13-21/h2,10-13,17-18,20,22H,1,3-9,15-16H2. The van der Waals surface area contributed by atoms with Gasteiger partial charge in [0.25, 0.3) is 0 Å². The Hall–Kier alpha value is -1.63. The van der Waals surface area contributed by atoms with Gasteiger partial charge in [-0.25, -0.2) is 0 Å². The Morgan fingerprint density at radius 2 is 1.56 bits per heavy atom. The third-order valence-electron chi connectivity index (χ3n) is 5.73. The van der Waals surface area contributed by atoms with Crippen LogP contribution in [0.2, 0.25) is 0 Å². The molecule has 0 radical (unpaired) electrons. The molecule has 3 heteroatoms. The predicted octanol–water partition coefficient (Wildman–Crippen LogP) is 5.38. The maximum Gasteiger partial charge on any atom is 0.183 e. The van der Waals surface area contributed by atoms with E-state index in [1.54, 1.807) is 0 Å². The van der Waals surface area contributed by atoms with Crippen molar-refractivity contribution in [2.24, 2.45) is 17.8 Å². The van der Waals surface area contributed by atoms with Crippen molar-refractivity contribution in [3.8, 4) is 6.07 Å². The molecule has 0 amide bonds. The first kappa shape index (κ1) is 18.2. The molecule has 2 aliphatic rings. The van der Waals surface area contributed by atoms with Gasteiger partial charge in [0.15, 0.2) is 6.29 Å². The second-order valence-electron chi connectivity index (χ2n) is 7.59. The van der Waals surface area contributed by atoms with E-state index < -0.39 is 0 Å². The van der Waals surface area contributed by atoms with Gasteiger partial charge >= 0.3 is 0 Å². The van der Waals surface area contributed by atoms with Gasteiger partial charge in [-0.15, -0.1) is 6.58 Å². The van der Waals surface area contributed by atoms with Crippen LogP contribution < -0.4 is 0 Å². The lowest BCUT2D eigenvalue weighted by atomic mass is 9.78. The summed E-state index contributed by atoms with van der Waals surface area (Å²) < 4.78 is 11.8. The van der Waals surface area contributed by atoms with Crippen molar-refractivity contribution in [1.29, 1.82) is 5.26 Å². The number of hydrogen-bond donors (Lipinski definition) is 0. The molecule has 0 bridgehead atoms. The number of benzene rings is 1. The van der Waals surface area contributed by atoms with Crippen LogP contribution in [0.3, 0.4) is 0 Å². The van der Waals surface area contributed by atoms with Crippen LogP contribution in [-0.2, 0) is 9.47 Å². The number of hydrogen-bond acceptors (Lipinski definition) is 3. The summed E-state index contributed by atoms with van der Waals surface area (Å²) in [6.07, 6.45) is 11.0. The van der Waals surface area contributed by atoms with E-state index in [4.69, 9.17) is 14.7 Å². The lowest BCUT2D eigenvalue weighted by Crippen LogP contribution is -2.27. The minimum atomic E-state index is -0.279. The smallest absolute Gasteiger partial charge is 0.183 e. The summed E-state index contributed by atoms with van der Waals surface area (Å²) in [5.74, 6) is 2.28. The Morgan fingerprint density at radius 1 is 0.960 bits per heavy atom. The van der Waals surface area contributed by atoms with Gasteiger partial charge in [-0.2, -0.15) is 5.26 Å². The average molecular weight is 339 g/mol. The molecule has 1 aromatic rings. The Kier molecular flexibility index (Phi) is 6.67. The molecule has 3 rings (SSSR count). The zero-order valence-corrected chi connectivity index (χ0v) is 15.0. The van der Waals surface area contributed by atoms with Gasteiger partial charge in [0, 0.05) is 11.5 Å². The topological polar surface area (TPSA) is 42.2 Å². The molecule has 134 valence electrons. The Bertz CT molecular complexity index is 573. The van der Waals surface area contributed by atoms with Crippen molar-refractivity contribution in [3.63, 3.8) is 0 Å². The van der Waals surface area contributed by atoms with Crippen LogP contribution in [0.25, 0.3) is 0 Å². The fraction of sp³-hybridized carbons (Fsp3) is 0.591. The summed E-state index contributed by atoms with van der Waals surface area (Å²) in [6, 6.07) is 9.61. The number of rotatable bonds is 6. The van der Waals surface area contributed by atoms with E-state index in [0.29, 0.717) is 11.5 Å². The van der Waals surface area contributed by atoms with Gasteiger partial charge in [0.1, 0.15) is 0 Å². The minimum Gasteiger partial charge on any atom is -0.348 e. The van der Waals surface area contributed by atoms with E-state index in [0.717, 1.165) is 30.6 Å². The molecular weight excluding hydrogens is 310 g/mol. The third kappa shape index (κ3) is 5.17. The van der Waals surface area contributed by atoms with E-state index in [-0.39, 0.29) is 6.29 Å². The van der Waals surface area contributed by atoms with Crippen molar-refractivity contribution in [2.75, 3.05) is 13.2 Å². The van der Waals surface area contributed by atoms with Gasteiger partial charge < -0.3 is 9.47 Å². The van der Waals surface area contributed by atoms with Crippen molar-refractivity contribution < 1.29 is 9.47 Å². The SMILES string of the molecule is C=CCC1CCC(CCC2COC(c3ccc(C#N)cc3)OC2)CC1. The molecule has 1 aliphatic heterocycles. The second-order valence-corrected chi connectivity index (χ2v) is 7.59. The summed E-state index contributed by atoms with van der Waals surface area (Å²) >= 11 is 0. The van der Waals surface area contributed by atoms with E-state index in [1.807, 2.05) is 24.3 Å². The van der Waals surface area contributed by atoms with Crippen LogP contribution in [0, 0.1) is 29.1 Å². The van der Waals surface area contributed by atoms with Crippen LogP contribution in [0.15, 0.2) is 36.9 Å². The maximum absolute atomic E-state index is 8.86. The van der Waals surface area contributed by atoms with E-state index in [2.05, 4.69) is 18.7 Å². The minimum absolute atomic E-state index is 0.279. The first-order valence-electron chi connectivity index (χ1n) is 9.62. The average Bonchev–Trinajstić information content (AvgIpc) is 2.68. The number of ether oxygens (including phenoxy) is 2. The molecule has 0 atom stereocenters. The molecule has 2 fully saturated rings. The fourth-order valence-corrected chi connectivity index (χ4v) is 4.08. The molecular formula is C22H29NO2. The summed E-state index contributed by atoms with van der Waals surface area (Å²) in [4.78, 5) is 0. The highest BCUT2D eigenvalue weighted by Crippen LogP contribution is 2.35. The molecule has 1 saturated heterocycles. The number of allylic oxidation sites excluding steroid dienone is 1. The first-order chi connectivity index (χ1) is 12.3. The molecule has 1 heterocycles. The summed E-state index contributed by atoms with van der Waals surface area (Å²) in [6.45, 7) is 5.41.